The van der Waals surface area contributed by atoms with Gasteiger partial charge in [-0.3, -0.25) is 0 Å². The summed E-state index contributed by atoms with van der Waals surface area (Å²) in [4.78, 5) is 0. The van der Waals surface area contributed by atoms with Crippen molar-refractivity contribution in [1.29, 1.82) is 0 Å². The largest absolute Gasteiger partial charge is 0.392 e. The number of hydrogen-bond acceptors (Lipinski definition) is 2. The van der Waals surface area contributed by atoms with Crippen molar-refractivity contribution in [2.75, 3.05) is 0 Å². The first kappa shape index (κ1) is 16.1. The minimum absolute atomic E-state index is 0.0588. The van der Waals surface area contributed by atoms with Crippen LogP contribution in [0.1, 0.15) is 26.7 Å². The van der Waals surface area contributed by atoms with Crippen LogP contribution in [0.25, 0.3) is 0 Å². The summed E-state index contributed by atoms with van der Waals surface area (Å²) in [6.45, 7) is 4.50. The standard InChI is InChI=1S/C21H25O2P/c1-21(2)17-13-14-18(21)20(19(17)22)24(23,15-9-5-3-6-10-15)16-11-7-4-8-12-16/h3-12,17-20,22H,13-14H2,1-2H3. The highest BCUT2D eigenvalue weighted by Gasteiger charge is 2.63. The molecule has 2 aliphatic rings. The molecule has 0 aromatic heterocycles. The molecule has 0 aliphatic heterocycles. The van der Waals surface area contributed by atoms with E-state index in [1.807, 2.05) is 60.7 Å². The van der Waals surface area contributed by atoms with E-state index in [0.29, 0.717) is 5.92 Å². The summed E-state index contributed by atoms with van der Waals surface area (Å²) in [7, 11) is -2.90. The van der Waals surface area contributed by atoms with Gasteiger partial charge in [0.05, 0.1) is 6.10 Å². The SMILES string of the molecule is CC1(C)C2CCC1C(P(=O)(c1ccccc1)c1ccccc1)C2O. The summed E-state index contributed by atoms with van der Waals surface area (Å²) in [6, 6.07) is 19.6. The average Bonchev–Trinajstić information content (AvgIpc) is 3.01. The lowest BCUT2D eigenvalue weighted by molar-refractivity contribution is 0.0967. The van der Waals surface area contributed by atoms with E-state index in [1.165, 1.54) is 0 Å². The number of fused-ring (bicyclic) bond motifs is 2. The van der Waals surface area contributed by atoms with E-state index in [4.69, 9.17) is 0 Å². The topological polar surface area (TPSA) is 37.3 Å². The molecule has 3 heteroatoms. The molecule has 2 saturated carbocycles. The third-order valence-corrected chi connectivity index (χ3v) is 10.2. The predicted molar refractivity (Wildman–Crippen MR) is 99.5 cm³/mol. The molecule has 24 heavy (non-hydrogen) atoms. The first-order chi connectivity index (χ1) is 11.5. The van der Waals surface area contributed by atoms with Gasteiger partial charge in [-0.15, -0.1) is 0 Å². The lowest BCUT2D eigenvalue weighted by atomic mass is 9.82. The van der Waals surface area contributed by atoms with Crippen LogP contribution in [-0.2, 0) is 4.57 Å². The zero-order chi connectivity index (χ0) is 16.9. The van der Waals surface area contributed by atoms with Crippen LogP contribution in [0.5, 0.6) is 0 Å². The Balaban J connectivity index is 1.91. The molecule has 2 aromatic rings. The molecule has 126 valence electrons. The van der Waals surface area contributed by atoms with E-state index < -0.39 is 13.2 Å². The minimum Gasteiger partial charge on any atom is -0.392 e. The monoisotopic (exact) mass is 340 g/mol. The fourth-order valence-electron chi connectivity index (χ4n) is 5.34. The fourth-order valence-corrected chi connectivity index (χ4v) is 9.23. The molecular formula is C21H25O2P. The molecule has 2 nitrogen and oxygen atoms in total. The Morgan fingerprint density at radius 2 is 1.33 bits per heavy atom. The third-order valence-electron chi connectivity index (χ3n) is 6.57. The van der Waals surface area contributed by atoms with Gasteiger partial charge >= 0.3 is 0 Å². The quantitative estimate of drug-likeness (QED) is 0.863. The number of aliphatic hydroxyl groups excluding tert-OH is 1. The summed E-state index contributed by atoms with van der Waals surface area (Å²) >= 11 is 0. The fraction of sp³-hybridized carbons (Fsp3) is 0.429. The molecule has 0 radical (unpaired) electrons. The van der Waals surface area contributed by atoms with Crippen molar-refractivity contribution in [3.8, 4) is 0 Å². The van der Waals surface area contributed by atoms with Crippen LogP contribution in [0.3, 0.4) is 0 Å². The smallest absolute Gasteiger partial charge is 0.149 e. The predicted octanol–water partition coefficient (Wildman–Crippen LogP) is 3.80. The normalized spacial score (nSPS) is 31.3. The minimum atomic E-state index is -2.90. The lowest BCUT2D eigenvalue weighted by Crippen LogP contribution is -2.38. The molecule has 4 unspecified atom stereocenters. The summed E-state index contributed by atoms with van der Waals surface area (Å²) in [6.07, 6.45) is 1.65. The van der Waals surface area contributed by atoms with E-state index >= 15 is 0 Å². The molecule has 4 rings (SSSR count). The van der Waals surface area contributed by atoms with Gasteiger partial charge in [-0.1, -0.05) is 74.5 Å². The number of rotatable bonds is 3. The van der Waals surface area contributed by atoms with E-state index in [-0.39, 0.29) is 17.0 Å². The molecular weight excluding hydrogens is 315 g/mol. The molecule has 2 aliphatic carbocycles. The first-order valence-electron chi connectivity index (χ1n) is 8.86. The molecule has 0 amide bonds. The third kappa shape index (κ3) is 2.09. The molecule has 2 bridgehead atoms. The van der Waals surface area contributed by atoms with Crippen LogP contribution in [0.2, 0.25) is 0 Å². The molecule has 1 N–H and O–H groups in total. The van der Waals surface area contributed by atoms with E-state index in [9.17, 15) is 9.67 Å². The molecule has 0 spiro atoms. The number of hydrogen-bond donors (Lipinski definition) is 1. The Labute approximate surface area is 144 Å². The maximum absolute atomic E-state index is 14.5. The zero-order valence-electron chi connectivity index (χ0n) is 14.3. The Hall–Kier alpha value is -1.37. The first-order valence-corrected chi connectivity index (χ1v) is 10.6. The van der Waals surface area contributed by atoms with E-state index in [1.54, 1.807) is 0 Å². The average molecular weight is 340 g/mol. The lowest BCUT2D eigenvalue weighted by Gasteiger charge is -2.35. The van der Waals surface area contributed by atoms with Crippen molar-refractivity contribution in [2.24, 2.45) is 17.3 Å². The van der Waals surface area contributed by atoms with Gasteiger partial charge in [0.25, 0.3) is 0 Å². The van der Waals surface area contributed by atoms with Crippen molar-refractivity contribution in [2.45, 2.75) is 38.5 Å². The summed E-state index contributed by atoms with van der Waals surface area (Å²) in [5, 5.41) is 12.9. The van der Waals surface area contributed by atoms with Crippen LogP contribution in [-0.4, -0.2) is 16.9 Å². The Morgan fingerprint density at radius 3 is 1.75 bits per heavy atom. The zero-order valence-corrected chi connectivity index (χ0v) is 15.2. The molecule has 2 fully saturated rings. The van der Waals surface area contributed by atoms with Gasteiger partial charge in [0.15, 0.2) is 0 Å². The van der Waals surface area contributed by atoms with Crippen LogP contribution >= 0.6 is 7.14 Å². The van der Waals surface area contributed by atoms with E-state index in [0.717, 1.165) is 23.5 Å². The van der Waals surface area contributed by atoms with Gasteiger partial charge in [-0.05, 0) is 30.1 Å². The van der Waals surface area contributed by atoms with E-state index in [2.05, 4.69) is 13.8 Å². The molecule has 4 atom stereocenters. The summed E-state index contributed by atoms with van der Waals surface area (Å²) in [5.74, 6) is 0.567. The Morgan fingerprint density at radius 1 is 0.875 bits per heavy atom. The van der Waals surface area contributed by atoms with Crippen molar-refractivity contribution in [3.63, 3.8) is 0 Å². The van der Waals surface area contributed by atoms with Gasteiger partial charge in [-0.25, -0.2) is 0 Å². The van der Waals surface area contributed by atoms with Crippen LogP contribution in [0.15, 0.2) is 60.7 Å². The Bertz CT molecular complexity index is 725. The van der Waals surface area contributed by atoms with Gasteiger partial charge < -0.3 is 9.67 Å². The second-order valence-corrected chi connectivity index (χ2v) is 10.9. The van der Waals surface area contributed by atoms with Crippen molar-refractivity contribution in [1.82, 2.24) is 0 Å². The van der Waals surface area contributed by atoms with Crippen molar-refractivity contribution < 1.29 is 9.67 Å². The molecule has 2 aromatic carbocycles. The maximum Gasteiger partial charge on any atom is 0.149 e. The highest BCUT2D eigenvalue weighted by atomic mass is 31.2. The van der Waals surface area contributed by atoms with Crippen molar-refractivity contribution in [3.05, 3.63) is 60.7 Å². The number of aliphatic hydroxyl groups is 1. The summed E-state index contributed by atoms with van der Waals surface area (Å²) in [5.41, 5.74) is -0.111. The van der Waals surface area contributed by atoms with Gasteiger partial charge in [-0.2, -0.15) is 0 Å². The van der Waals surface area contributed by atoms with Crippen molar-refractivity contribution >= 4 is 17.8 Å². The van der Waals surface area contributed by atoms with Crippen LogP contribution in [0.4, 0.5) is 0 Å². The second-order valence-electron chi connectivity index (χ2n) is 7.92. The molecule has 0 saturated heterocycles. The van der Waals surface area contributed by atoms with Gasteiger partial charge in [0.1, 0.15) is 7.14 Å². The van der Waals surface area contributed by atoms with Crippen LogP contribution < -0.4 is 10.6 Å². The summed E-state index contributed by atoms with van der Waals surface area (Å²) < 4.78 is 14.5. The molecule has 0 heterocycles. The highest BCUT2D eigenvalue weighted by Crippen LogP contribution is 2.68. The maximum atomic E-state index is 14.5. The van der Waals surface area contributed by atoms with Gasteiger partial charge in [0, 0.05) is 16.3 Å². The highest BCUT2D eigenvalue weighted by molar-refractivity contribution is 7.79. The van der Waals surface area contributed by atoms with Gasteiger partial charge in [0.2, 0.25) is 0 Å². The Kier molecular flexibility index (Phi) is 3.74. The second kappa shape index (κ2) is 5.58. The number of benzene rings is 2. The van der Waals surface area contributed by atoms with Crippen LogP contribution in [0, 0.1) is 17.3 Å².